The van der Waals surface area contributed by atoms with Crippen LogP contribution in [0.3, 0.4) is 0 Å². The summed E-state index contributed by atoms with van der Waals surface area (Å²) in [4.78, 5) is 27.3. The Bertz CT molecular complexity index is 553. The van der Waals surface area contributed by atoms with E-state index >= 15 is 0 Å². The van der Waals surface area contributed by atoms with Crippen molar-refractivity contribution in [1.29, 1.82) is 0 Å². The molecular formula is C14H21N3O4. The topological polar surface area (TPSA) is 93.5 Å². The molecule has 116 valence electrons. The third kappa shape index (κ3) is 3.34. The van der Waals surface area contributed by atoms with E-state index in [-0.39, 0.29) is 0 Å². The Kier molecular flexibility index (Phi) is 3.69. The zero-order chi connectivity index (χ0) is 15.8. The number of hydrogen-bond donors (Lipinski definition) is 2. The molecule has 1 amide bonds. The number of nitrogens with one attached hydrogen (secondary N) is 1. The normalized spacial score (nSPS) is 25.0. The van der Waals surface area contributed by atoms with Gasteiger partial charge in [-0.2, -0.15) is 0 Å². The maximum Gasteiger partial charge on any atom is 0.408 e. The lowest BCUT2D eigenvalue weighted by Gasteiger charge is -2.45. The smallest absolute Gasteiger partial charge is 0.408 e. The molecule has 0 radical (unpaired) electrons. The van der Waals surface area contributed by atoms with Crippen LogP contribution in [0.2, 0.25) is 0 Å². The molecule has 0 aromatic carbocycles. The van der Waals surface area contributed by atoms with E-state index in [1.807, 2.05) is 7.05 Å². The maximum atomic E-state index is 12.0. The van der Waals surface area contributed by atoms with Crippen molar-refractivity contribution in [2.75, 3.05) is 0 Å². The fraction of sp³-hybridized carbons (Fsp3) is 0.643. The molecule has 21 heavy (non-hydrogen) atoms. The number of nitrogens with zero attached hydrogens (tertiary/aromatic N) is 2. The third-order valence-electron chi connectivity index (χ3n) is 3.47. The van der Waals surface area contributed by atoms with Gasteiger partial charge in [0, 0.05) is 13.2 Å². The summed E-state index contributed by atoms with van der Waals surface area (Å²) in [7, 11) is 1.82. The zero-order valence-corrected chi connectivity index (χ0v) is 12.7. The van der Waals surface area contributed by atoms with Crippen LogP contribution in [0.5, 0.6) is 0 Å². The predicted molar refractivity (Wildman–Crippen MR) is 74.6 cm³/mol. The number of amides is 1. The van der Waals surface area contributed by atoms with E-state index in [9.17, 15) is 9.59 Å². The average Bonchev–Trinajstić information content (AvgIpc) is 2.66. The molecule has 0 atom stereocenters. The van der Waals surface area contributed by atoms with Crippen molar-refractivity contribution >= 4 is 12.1 Å². The van der Waals surface area contributed by atoms with E-state index in [2.05, 4.69) is 10.3 Å². The van der Waals surface area contributed by atoms with Gasteiger partial charge in [0.15, 0.2) is 0 Å². The number of aromatic nitrogens is 2. The Morgan fingerprint density at radius 2 is 2.10 bits per heavy atom. The molecule has 7 nitrogen and oxygen atoms in total. The fourth-order valence-corrected chi connectivity index (χ4v) is 2.49. The molecule has 0 spiro atoms. The number of carboxylic acids is 1. The second-order valence-corrected chi connectivity index (χ2v) is 6.58. The number of alkyl carbamates (subject to hydrolysis) is 1. The van der Waals surface area contributed by atoms with Gasteiger partial charge < -0.3 is 19.7 Å². The summed E-state index contributed by atoms with van der Waals surface area (Å²) in [5.41, 5.74) is -0.703. The lowest BCUT2D eigenvalue weighted by Crippen LogP contribution is -2.57. The molecule has 1 fully saturated rings. The van der Waals surface area contributed by atoms with Gasteiger partial charge in [0.25, 0.3) is 0 Å². The van der Waals surface area contributed by atoms with E-state index < -0.39 is 29.1 Å². The van der Waals surface area contributed by atoms with Crippen molar-refractivity contribution in [3.63, 3.8) is 0 Å². The van der Waals surface area contributed by atoms with Gasteiger partial charge in [0.05, 0.1) is 23.5 Å². The second kappa shape index (κ2) is 5.05. The summed E-state index contributed by atoms with van der Waals surface area (Å²) >= 11 is 0. The second-order valence-electron chi connectivity index (χ2n) is 6.58. The lowest BCUT2D eigenvalue weighted by molar-refractivity contribution is -0.148. The van der Waals surface area contributed by atoms with Crippen LogP contribution in [-0.2, 0) is 22.1 Å². The monoisotopic (exact) mass is 295 g/mol. The summed E-state index contributed by atoms with van der Waals surface area (Å²) in [6.07, 6.45) is 3.49. The molecule has 1 aliphatic carbocycles. The first-order chi connectivity index (χ1) is 9.61. The van der Waals surface area contributed by atoms with Gasteiger partial charge in [-0.15, -0.1) is 0 Å². The van der Waals surface area contributed by atoms with Gasteiger partial charge >= 0.3 is 12.1 Å². The van der Waals surface area contributed by atoms with Crippen molar-refractivity contribution in [3.05, 3.63) is 18.2 Å². The van der Waals surface area contributed by atoms with Crippen molar-refractivity contribution in [3.8, 4) is 0 Å². The van der Waals surface area contributed by atoms with Crippen molar-refractivity contribution in [2.24, 2.45) is 13.0 Å². The Morgan fingerprint density at radius 1 is 1.48 bits per heavy atom. The summed E-state index contributed by atoms with van der Waals surface area (Å²) < 4.78 is 7.03. The van der Waals surface area contributed by atoms with Crippen molar-refractivity contribution in [1.82, 2.24) is 14.9 Å². The number of aryl methyl sites for hydroxylation is 1. The summed E-state index contributed by atoms with van der Waals surface area (Å²) in [5, 5.41) is 11.9. The number of carboxylic acid groups (broad SMARTS) is 1. The SMILES string of the molecule is Cn1cnc(C2(NC(=O)OC(C)(C)C)CC(C(=O)O)C2)c1. The minimum absolute atomic E-state index is 0.318. The molecule has 1 heterocycles. The molecular weight excluding hydrogens is 274 g/mol. The molecule has 1 aliphatic rings. The maximum absolute atomic E-state index is 12.0. The molecule has 0 unspecified atom stereocenters. The number of imidazole rings is 1. The lowest BCUT2D eigenvalue weighted by atomic mass is 9.66. The first-order valence-corrected chi connectivity index (χ1v) is 6.84. The van der Waals surface area contributed by atoms with E-state index in [0.717, 1.165) is 0 Å². The highest BCUT2D eigenvalue weighted by molar-refractivity contribution is 5.74. The largest absolute Gasteiger partial charge is 0.481 e. The quantitative estimate of drug-likeness (QED) is 0.884. The van der Waals surface area contributed by atoms with Crippen LogP contribution in [0.4, 0.5) is 4.79 Å². The van der Waals surface area contributed by atoms with E-state index in [0.29, 0.717) is 18.5 Å². The van der Waals surface area contributed by atoms with Crippen LogP contribution >= 0.6 is 0 Å². The van der Waals surface area contributed by atoms with Gasteiger partial charge in [0.1, 0.15) is 5.60 Å². The molecule has 2 N–H and O–H groups in total. The Morgan fingerprint density at radius 3 is 2.52 bits per heavy atom. The number of ether oxygens (including phenoxy) is 1. The Balaban J connectivity index is 2.15. The van der Waals surface area contributed by atoms with Gasteiger partial charge in [0.2, 0.25) is 0 Å². The number of rotatable bonds is 3. The highest BCUT2D eigenvalue weighted by Gasteiger charge is 2.51. The summed E-state index contributed by atoms with van der Waals surface area (Å²) in [5.74, 6) is -1.32. The van der Waals surface area contributed by atoms with Gasteiger partial charge in [-0.1, -0.05) is 0 Å². The van der Waals surface area contributed by atoms with Crippen LogP contribution in [0, 0.1) is 5.92 Å². The fourth-order valence-electron chi connectivity index (χ4n) is 2.49. The van der Waals surface area contributed by atoms with E-state index in [1.54, 1.807) is 37.9 Å². The Labute approximate surface area is 123 Å². The third-order valence-corrected chi connectivity index (χ3v) is 3.47. The number of aliphatic carboxylic acids is 1. The molecule has 0 aliphatic heterocycles. The molecule has 1 saturated carbocycles. The van der Waals surface area contributed by atoms with Crippen LogP contribution in [0.15, 0.2) is 12.5 Å². The summed E-state index contributed by atoms with van der Waals surface area (Å²) in [6, 6.07) is 0. The minimum atomic E-state index is -0.854. The number of carbonyl (C=O) groups excluding carboxylic acids is 1. The van der Waals surface area contributed by atoms with E-state index in [4.69, 9.17) is 9.84 Å². The van der Waals surface area contributed by atoms with Crippen LogP contribution < -0.4 is 5.32 Å². The molecule has 0 saturated heterocycles. The summed E-state index contributed by atoms with van der Waals surface area (Å²) in [6.45, 7) is 5.34. The zero-order valence-electron chi connectivity index (χ0n) is 12.7. The molecule has 1 aromatic heterocycles. The highest BCUT2D eigenvalue weighted by atomic mass is 16.6. The van der Waals surface area contributed by atoms with Gasteiger partial charge in [-0.25, -0.2) is 9.78 Å². The average molecular weight is 295 g/mol. The first kappa shape index (κ1) is 15.3. The standard InChI is InChI=1S/C14H21N3O4/c1-13(2,3)21-12(20)16-14(5-9(6-14)11(18)19)10-7-17(4)8-15-10/h7-9H,5-6H2,1-4H3,(H,16,20)(H,18,19). The van der Waals surface area contributed by atoms with Crippen molar-refractivity contribution in [2.45, 2.75) is 44.8 Å². The van der Waals surface area contributed by atoms with Crippen LogP contribution in [0.25, 0.3) is 0 Å². The molecule has 0 bridgehead atoms. The van der Waals surface area contributed by atoms with Gasteiger partial charge in [-0.3, -0.25) is 4.79 Å². The van der Waals surface area contributed by atoms with Crippen LogP contribution in [-0.4, -0.2) is 32.3 Å². The highest BCUT2D eigenvalue weighted by Crippen LogP contribution is 2.45. The van der Waals surface area contributed by atoms with Crippen molar-refractivity contribution < 1.29 is 19.4 Å². The van der Waals surface area contributed by atoms with Gasteiger partial charge in [-0.05, 0) is 33.6 Å². The molecule has 2 rings (SSSR count). The Hall–Kier alpha value is -2.05. The predicted octanol–water partition coefficient (Wildman–Crippen LogP) is 1.63. The first-order valence-electron chi connectivity index (χ1n) is 6.84. The number of carbonyl (C=O) groups is 2. The molecule has 1 aromatic rings. The van der Waals surface area contributed by atoms with E-state index in [1.165, 1.54) is 0 Å². The number of hydrogen-bond acceptors (Lipinski definition) is 4. The van der Waals surface area contributed by atoms with Crippen LogP contribution in [0.1, 0.15) is 39.3 Å². The minimum Gasteiger partial charge on any atom is -0.481 e. The molecule has 7 heteroatoms.